The van der Waals surface area contributed by atoms with Crippen LogP contribution in [0.25, 0.3) is 0 Å². The van der Waals surface area contributed by atoms with E-state index in [9.17, 15) is 43.2 Å². The van der Waals surface area contributed by atoms with E-state index in [1.807, 2.05) is 0 Å². The van der Waals surface area contributed by atoms with Gasteiger partial charge in [-0.15, -0.1) is 0 Å². The van der Waals surface area contributed by atoms with Crippen LogP contribution in [0.2, 0.25) is 0 Å². The summed E-state index contributed by atoms with van der Waals surface area (Å²) in [6.07, 6.45) is 88.5. The SMILES string of the molecule is CC/C=C\C/C=C\C/C=C\C/C=C\C/C=C\CCCCCC(=O)OC[C@H](COP(=O)(O)OC[C@@H](O)COP(=O)(O)OC[C@@H](COC(=O)CCCCCCCCCCCCCCC)OC(=O)CCCCC/C=C\C/C=C\C/C=C\C/C=C\C/C=C\CC)OC(=O)CCCCCCCCC/C=C\CCCCCC. The Morgan fingerprint density at radius 1 is 0.274 bits per heavy atom. The number of allylic oxidation sites excluding steroid dienone is 22. The summed E-state index contributed by atoms with van der Waals surface area (Å²) in [5.74, 6) is -2.24. The van der Waals surface area contributed by atoms with Crippen LogP contribution in [0.5, 0.6) is 0 Å². The quantitative estimate of drug-likeness (QED) is 0.0169. The van der Waals surface area contributed by atoms with Gasteiger partial charge in [-0.3, -0.25) is 37.3 Å². The van der Waals surface area contributed by atoms with Crippen LogP contribution in [-0.2, 0) is 65.4 Å². The van der Waals surface area contributed by atoms with Crippen molar-refractivity contribution in [1.82, 2.24) is 0 Å². The number of esters is 4. The van der Waals surface area contributed by atoms with E-state index in [2.05, 4.69) is 161 Å². The number of phosphoric ester groups is 2. The molecular formula is C87H148O17P2. The first-order chi connectivity index (χ1) is 51.7. The lowest BCUT2D eigenvalue weighted by molar-refractivity contribution is -0.161. The van der Waals surface area contributed by atoms with Crippen LogP contribution in [0.1, 0.15) is 336 Å². The third kappa shape index (κ3) is 77.4. The highest BCUT2D eigenvalue weighted by Crippen LogP contribution is 2.45. The summed E-state index contributed by atoms with van der Waals surface area (Å²) < 4.78 is 68.7. The number of hydrogen-bond donors (Lipinski definition) is 3. The molecule has 0 spiro atoms. The van der Waals surface area contributed by atoms with E-state index in [1.54, 1.807) is 0 Å². The molecular weight excluding hydrogens is 1380 g/mol. The number of aliphatic hydroxyl groups is 1. The molecule has 5 atom stereocenters. The Hall–Kier alpha value is -4.80. The van der Waals surface area contributed by atoms with Crippen molar-refractivity contribution in [3.63, 3.8) is 0 Å². The van der Waals surface area contributed by atoms with Gasteiger partial charge >= 0.3 is 39.5 Å². The van der Waals surface area contributed by atoms with Crippen molar-refractivity contribution in [2.75, 3.05) is 39.6 Å². The summed E-state index contributed by atoms with van der Waals surface area (Å²) in [6, 6.07) is 0. The Balaban J connectivity index is 5.42. The maximum atomic E-state index is 13.1. The first-order valence-electron chi connectivity index (χ1n) is 41.4. The maximum Gasteiger partial charge on any atom is 0.472 e. The van der Waals surface area contributed by atoms with Crippen molar-refractivity contribution < 1.29 is 80.2 Å². The zero-order valence-electron chi connectivity index (χ0n) is 66.6. The highest BCUT2D eigenvalue weighted by atomic mass is 31.2. The molecule has 608 valence electrons. The zero-order chi connectivity index (χ0) is 77.4. The number of hydrogen-bond acceptors (Lipinski definition) is 15. The van der Waals surface area contributed by atoms with Crippen LogP contribution >= 0.6 is 15.6 Å². The molecule has 2 unspecified atom stereocenters. The van der Waals surface area contributed by atoms with Crippen molar-refractivity contribution in [1.29, 1.82) is 0 Å². The number of unbranched alkanes of at least 4 members (excludes halogenated alkanes) is 29. The molecule has 0 aromatic carbocycles. The average Bonchev–Trinajstić information content (AvgIpc) is 0.902. The van der Waals surface area contributed by atoms with Gasteiger partial charge in [0, 0.05) is 25.7 Å². The van der Waals surface area contributed by atoms with E-state index < -0.39 is 97.5 Å². The molecule has 0 fully saturated rings. The molecule has 0 radical (unpaired) electrons. The number of rotatable bonds is 77. The number of ether oxygens (including phenoxy) is 4. The summed E-state index contributed by atoms with van der Waals surface area (Å²) >= 11 is 0. The summed E-state index contributed by atoms with van der Waals surface area (Å²) in [7, 11) is -9.98. The second-order valence-corrected chi connectivity index (χ2v) is 30.2. The fraction of sp³-hybridized carbons (Fsp3) is 0.701. The van der Waals surface area contributed by atoms with Crippen molar-refractivity contribution in [3.8, 4) is 0 Å². The summed E-state index contributed by atoms with van der Waals surface area (Å²) in [5, 5.41) is 10.7. The lowest BCUT2D eigenvalue weighted by Gasteiger charge is -2.21. The fourth-order valence-electron chi connectivity index (χ4n) is 10.9. The van der Waals surface area contributed by atoms with Crippen molar-refractivity contribution in [2.24, 2.45) is 0 Å². The molecule has 0 heterocycles. The average molecular weight is 1530 g/mol. The molecule has 0 aromatic heterocycles. The number of phosphoric acid groups is 2. The highest BCUT2D eigenvalue weighted by molar-refractivity contribution is 7.47. The van der Waals surface area contributed by atoms with Gasteiger partial charge in [0.25, 0.3) is 0 Å². The fourth-order valence-corrected chi connectivity index (χ4v) is 12.4. The molecule has 0 saturated heterocycles. The van der Waals surface area contributed by atoms with Crippen LogP contribution in [0, 0.1) is 0 Å². The third-order valence-corrected chi connectivity index (χ3v) is 19.0. The third-order valence-electron chi connectivity index (χ3n) is 17.1. The Morgan fingerprint density at radius 3 is 0.783 bits per heavy atom. The van der Waals surface area contributed by atoms with Gasteiger partial charge in [0.2, 0.25) is 0 Å². The van der Waals surface area contributed by atoms with Crippen LogP contribution in [0.3, 0.4) is 0 Å². The Bertz CT molecular complexity index is 2530. The van der Waals surface area contributed by atoms with Crippen LogP contribution in [-0.4, -0.2) is 96.7 Å². The molecule has 17 nitrogen and oxygen atoms in total. The molecule has 3 N–H and O–H groups in total. The van der Waals surface area contributed by atoms with Gasteiger partial charge in [0.1, 0.15) is 19.3 Å². The smallest absolute Gasteiger partial charge is 0.462 e. The second kappa shape index (κ2) is 78.3. The van der Waals surface area contributed by atoms with E-state index >= 15 is 0 Å². The molecule has 0 aromatic rings. The maximum absolute atomic E-state index is 13.1. The van der Waals surface area contributed by atoms with E-state index in [0.29, 0.717) is 25.7 Å². The monoisotopic (exact) mass is 1530 g/mol. The first-order valence-corrected chi connectivity index (χ1v) is 44.4. The van der Waals surface area contributed by atoms with Gasteiger partial charge in [-0.25, -0.2) is 9.13 Å². The van der Waals surface area contributed by atoms with E-state index in [4.69, 9.17) is 37.0 Å². The minimum absolute atomic E-state index is 0.0545. The summed E-state index contributed by atoms with van der Waals surface area (Å²) in [4.78, 5) is 73.1. The molecule has 106 heavy (non-hydrogen) atoms. The van der Waals surface area contributed by atoms with Crippen molar-refractivity contribution in [3.05, 3.63) is 134 Å². The normalized spacial score (nSPS) is 14.5. The van der Waals surface area contributed by atoms with E-state index in [-0.39, 0.29) is 25.7 Å². The standard InChI is InChI=1S/C87H148O17P2/c1-5-9-13-17-21-25-29-33-36-38-40-42-45-48-52-56-60-64-68-72-85(90)98-78-83(103-86(91)73-69-65-61-57-53-49-44-35-31-27-23-19-15-11-7-3)80-102-106(95,96)100-76-81(88)75-99-105(93,94)101-79-82(77-97-84(89)71-67-63-59-55-51-47-32-28-24-20-16-12-8-4)104-87(92)74-70-66-62-58-54-50-46-43-41-39-37-34-30-26-22-18-14-10-6-2/h9-10,13-14,21-22,25-27,31,33-34,36-37,40-43,48,50,52,54,81-83,88H,5-8,11-12,15-20,23-24,28-30,32,35,38-39,44-47,49,51,53,55-80H2,1-4H3,(H,93,94)(H,95,96)/b13-9-,14-10-,25-21-,26-22-,31-27-,36-33-,37-34-,42-40-,43-41-,52-48-,54-50-/t81-,82+,83+/m0/s1. The minimum atomic E-state index is -4.99. The van der Waals surface area contributed by atoms with Crippen LogP contribution < -0.4 is 0 Å². The number of carbonyl (C=O) groups excluding carboxylic acids is 4. The van der Waals surface area contributed by atoms with E-state index in [0.717, 1.165) is 173 Å². The predicted octanol–water partition coefficient (Wildman–Crippen LogP) is 24.4. The Labute approximate surface area is 644 Å². The molecule has 19 heteroatoms. The van der Waals surface area contributed by atoms with Gasteiger partial charge in [0.05, 0.1) is 26.4 Å². The Kier molecular flexibility index (Phi) is 74.8. The summed E-state index contributed by atoms with van der Waals surface area (Å²) in [6.45, 7) is 4.59. The largest absolute Gasteiger partial charge is 0.472 e. The first kappa shape index (κ1) is 101. The Morgan fingerprint density at radius 2 is 0.491 bits per heavy atom. The molecule has 0 aliphatic carbocycles. The molecule has 0 aliphatic rings. The lowest BCUT2D eigenvalue weighted by Crippen LogP contribution is -2.30. The van der Waals surface area contributed by atoms with Gasteiger partial charge < -0.3 is 33.8 Å². The van der Waals surface area contributed by atoms with Gasteiger partial charge in [-0.05, 0) is 141 Å². The minimum Gasteiger partial charge on any atom is -0.462 e. The summed E-state index contributed by atoms with van der Waals surface area (Å²) in [5.41, 5.74) is 0. The van der Waals surface area contributed by atoms with Crippen LogP contribution in [0.15, 0.2) is 134 Å². The molecule has 0 saturated carbocycles. The topological polar surface area (TPSA) is 237 Å². The molecule has 0 rings (SSSR count). The van der Waals surface area contributed by atoms with Gasteiger partial charge in [0.15, 0.2) is 12.2 Å². The zero-order valence-corrected chi connectivity index (χ0v) is 68.4. The van der Waals surface area contributed by atoms with E-state index in [1.165, 1.54) is 83.5 Å². The van der Waals surface area contributed by atoms with Gasteiger partial charge in [-0.2, -0.15) is 0 Å². The highest BCUT2D eigenvalue weighted by Gasteiger charge is 2.30. The lowest BCUT2D eigenvalue weighted by atomic mass is 10.0. The molecule has 0 aliphatic heterocycles. The second-order valence-electron chi connectivity index (χ2n) is 27.3. The van der Waals surface area contributed by atoms with Gasteiger partial charge in [-0.1, -0.05) is 303 Å². The van der Waals surface area contributed by atoms with Crippen molar-refractivity contribution >= 4 is 39.5 Å². The van der Waals surface area contributed by atoms with Crippen molar-refractivity contribution in [2.45, 2.75) is 354 Å². The molecule has 0 amide bonds. The predicted molar refractivity (Wildman–Crippen MR) is 436 cm³/mol. The number of aliphatic hydroxyl groups excluding tert-OH is 1. The number of carbonyl (C=O) groups is 4. The molecule has 0 bridgehead atoms. The van der Waals surface area contributed by atoms with Crippen LogP contribution in [0.4, 0.5) is 0 Å².